The smallest absolute Gasteiger partial charge is 0.337 e. The number of aromatic amines is 1. The van der Waals surface area contributed by atoms with Crippen LogP contribution in [0.1, 0.15) is 24.7 Å². The van der Waals surface area contributed by atoms with Crippen molar-refractivity contribution < 1.29 is 5.11 Å². The highest BCUT2D eigenvalue weighted by Gasteiger charge is 2.17. The first-order valence-corrected chi connectivity index (χ1v) is 6.19. The first-order chi connectivity index (χ1) is 8.54. The van der Waals surface area contributed by atoms with Gasteiger partial charge in [-0.05, 0) is 13.3 Å². The summed E-state index contributed by atoms with van der Waals surface area (Å²) in [5.41, 5.74) is -1.09. The van der Waals surface area contributed by atoms with Gasteiger partial charge in [-0.1, -0.05) is 13.3 Å². The lowest BCUT2D eigenvalue weighted by Gasteiger charge is -2.07. The number of nitrogens with zero attached hydrogens (tertiary/aromatic N) is 3. The standard InChI is InChI=1S/C10H12N4O3S/c1-3-4-6-7(15)12-9(17)14(8(6)16)10-11-5(2)13-18-10/h16H,3-4H2,1-2H3,(H,12,15,17). The van der Waals surface area contributed by atoms with E-state index in [1.807, 2.05) is 6.92 Å². The molecule has 96 valence electrons. The average molecular weight is 268 g/mol. The second kappa shape index (κ2) is 4.73. The third-order valence-corrected chi connectivity index (χ3v) is 3.18. The molecule has 0 saturated heterocycles. The maximum absolute atomic E-state index is 11.7. The number of aromatic nitrogens is 4. The van der Waals surface area contributed by atoms with Crippen molar-refractivity contribution in [3.8, 4) is 11.0 Å². The molecule has 0 bridgehead atoms. The zero-order chi connectivity index (χ0) is 13.3. The van der Waals surface area contributed by atoms with E-state index < -0.39 is 11.2 Å². The van der Waals surface area contributed by atoms with Gasteiger partial charge in [-0.15, -0.1) is 0 Å². The maximum Gasteiger partial charge on any atom is 0.337 e. The van der Waals surface area contributed by atoms with Gasteiger partial charge < -0.3 is 5.11 Å². The minimum atomic E-state index is -0.714. The Morgan fingerprint density at radius 2 is 2.17 bits per heavy atom. The lowest BCUT2D eigenvalue weighted by molar-refractivity contribution is 0.422. The van der Waals surface area contributed by atoms with Gasteiger partial charge in [-0.25, -0.2) is 14.3 Å². The van der Waals surface area contributed by atoms with Crippen LogP contribution in [0.25, 0.3) is 5.13 Å². The molecule has 2 N–H and O–H groups in total. The van der Waals surface area contributed by atoms with Crippen molar-refractivity contribution in [2.24, 2.45) is 0 Å². The summed E-state index contributed by atoms with van der Waals surface area (Å²) in [5.74, 6) is 0.145. The molecule has 0 spiro atoms. The molecular weight excluding hydrogens is 256 g/mol. The van der Waals surface area contributed by atoms with E-state index in [-0.39, 0.29) is 16.6 Å². The Kier molecular flexibility index (Phi) is 3.28. The van der Waals surface area contributed by atoms with Crippen molar-refractivity contribution >= 4 is 11.5 Å². The molecule has 7 nitrogen and oxygen atoms in total. The summed E-state index contributed by atoms with van der Waals surface area (Å²) in [7, 11) is 0. The number of hydrogen-bond acceptors (Lipinski definition) is 6. The summed E-state index contributed by atoms with van der Waals surface area (Å²) in [6.07, 6.45) is 1.07. The fourth-order valence-electron chi connectivity index (χ4n) is 1.59. The highest BCUT2D eigenvalue weighted by Crippen LogP contribution is 2.18. The van der Waals surface area contributed by atoms with Crippen LogP contribution in [0.2, 0.25) is 0 Å². The Morgan fingerprint density at radius 3 is 2.72 bits per heavy atom. The highest BCUT2D eigenvalue weighted by atomic mass is 32.1. The largest absolute Gasteiger partial charge is 0.494 e. The van der Waals surface area contributed by atoms with E-state index in [2.05, 4.69) is 14.3 Å². The van der Waals surface area contributed by atoms with Crippen LogP contribution in [0.4, 0.5) is 0 Å². The number of rotatable bonds is 3. The van der Waals surface area contributed by atoms with Crippen LogP contribution in [-0.2, 0) is 6.42 Å². The van der Waals surface area contributed by atoms with E-state index in [0.29, 0.717) is 18.7 Å². The van der Waals surface area contributed by atoms with Crippen LogP contribution < -0.4 is 11.2 Å². The molecule has 0 fully saturated rings. The summed E-state index contributed by atoms with van der Waals surface area (Å²) < 4.78 is 4.91. The minimum Gasteiger partial charge on any atom is -0.494 e. The van der Waals surface area contributed by atoms with Crippen molar-refractivity contribution in [1.29, 1.82) is 0 Å². The topological polar surface area (TPSA) is 101 Å². The molecule has 2 aromatic rings. The van der Waals surface area contributed by atoms with E-state index in [4.69, 9.17) is 0 Å². The number of aromatic hydroxyl groups is 1. The summed E-state index contributed by atoms with van der Waals surface area (Å²) in [6, 6.07) is 0. The fourth-order valence-corrected chi connectivity index (χ4v) is 2.27. The zero-order valence-electron chi connectivity index (χ0n) is 9.93. The van der Waals surface area contributed by atoms with E-state index in [9.17, 15) is 14.7 Å². The number of H-pyrrole nitrogens is 1. The molecule has 0 radical (unpaired) electrons. The molecule has 0 aliphatic heterocycles. The lowest BCUT2D eigenvalue weighted by atomic mass is 10.2. The molecule has 8 heteroatoms. The fraction of sp³-hybridized carbons (Fsp3) is 0.400. The quantitative estimate of drug-likeness (QED) is 0.836. The van der Waals surface area contributed by atoms with Crippen LogP contribution in [0.15, 0.2) is 9.59 Å². The maximum atomic E-state index is 11.7. The monoisotopic (exact) mass is 268 g/mol. The second-order valence-corrected chi connectivity index (χ2v) is 4.50. The molecule has 0 aliphatic carbocycles. The van der Waals surface area contributed by atoms with Gasteiger partial charge in [0.1, 0.15) is 5.82 Å². The molecule has 0 unspecified atom stereocenters. The van der Waals surface area contributed by atoms with E-state index >= 15 is 0 Å². The molecule has 0 amide bonds. The Morgan fingerprint density at radius 1 is 1.44 bits per heavy atom. The predicted molar refractivity (Wildman–Crippen MR) is 66.5 cm³/mol. The summed E-state index contributed by atoms with van der Waals surface area (Å²) in [6.45, 7) is 3.56. The molecule has 0 aromatic carbocycles. The zero-order valence-corrected chi connectivity index (χ0v) is 10.7. The van der Waals surface area contributed by atoms with Gasteiger partial charge in [0.05, 0.1) is 5.56 Å². The SMILES string of the molecule is CCCc1c(O)n(-c2nc(C)ns2)c(=O)[nH]c1=O. The third kappa shape index (κ3) is 2.06. The molecule has 18 heavy (non-hydrogen) atoms. The molecule has 0 aliphatic rings. The predicted octanol–water partition coefficient (Wildman–Crippen LogP) is 0.344. The van der Waals surface area contributed by atoms with Crippen molar-refractivity contribution in [1.82, 2.24) is 18.9 Å². The first kappa shape index (κ1) is 12.5. The van der Waals surface area contributed by atoms with Gasteiger partial charge in [-0.2, -0.15) is 4.37 Å². The van der Waals surface area contributed by atoms with Crippen LogP contribution >= 0.6 is 11.5 Å². The summed E-state index contributed by atoms with van der Waals surface area (Å²) in [4.78, 5) is 29.5. The van der Waals surface area contributed by atoms with Gasteiger partial charge in [0.2, 0.25) is 11.0 Å². The number of nitrogens with one attached hydrogen (secondary N) is 1. The van der Waals surface area contributed by atoms with Gasteiger partial charge in [0.15, 0.2) is 0 Å². The summed E-state index contributed by atoms with van der Waals surface area (Å²) in [5, 5.41) is 10.3. The number of hydrogen-bond donors (Lipinski definition) is 2. The van der Waals surface area contributed by atoms with Gasteiger partial charge >= 0.3 is 5.69 Å². The van der Waals surface area contributed by atoms with Crippen molar-refractivity contribution in [2.75, 3.05) is 0 Å². The first-order valence-electron chi connectivity index (χ1n) is 5.42. The molecule has 2 heterocycles. The van der Waals surface area contributed by atoms with Crippen molar-refractivity contribution in [3.63, 3.8) is 0 Å². The Hall–Kier alpha value is -1.96. The van der Waals surface area contributed by atoms with Crippen molar-refractivity contribution in [2.45, 2.75) is 26.7 Å². The second-order valence-electron chi connectivity index (χ2n) is 3.77. The molecular formula is C10H12N4O3S. The van der Waals surface area contributed by atoms with Gasteiger partial charge in [0, 0.05) is 11.5 Å². The lowest BCUT2D eigenvalue weighted by Crippen LogP contribution is -2.31. The van der Waals surface area contributed by atoms with Crippen LogP contribution in [0.5, 0.6) is 5.88 Å². The molecule has 2 rings (SSSR count). The molecule has 0 saturated carbocycles. The molecule has 2 aromatic heterocycles. The minimum absolute atomic E-state index is 0.185. The number of aryl methyl sites for hydroxylation is 1. The van der Waals surface area contributed by atoms with Crippen LogP contribution in [0.3, 0.4) is 0 Å². The van der Waals surface area contributed by atoms with E-state index in [1.165, 1.54) is 0 Å². The molecule has 0 atom stereocenters. The Bertz CT molecular complexity index is 685. The normalized spacial score (nSPS) is 10.8. The summed E-state index contributed by atoms with van der Waals surface area (Å²) >= 11 is 0.983. The third-order valence-electron chi connectivity index (χ3n) is 2.39. The van der Waals surface area contributed by atoms with E-state index in [1.54, 1.807) is 6.92 Å². The van der Waals surface area contributed by atoms with Crippen LogP contribution in [-0.4, -0.2) is 24.0 Å². The van der Waals surface area contributed by atoms with E-state index in [0.717, 1.165) is 16.1 Å². The van der Waals surface area contributed by atoms with Crippen LogP contribution in [0, 0.1) is 6.92 Å². The van der Waals surface area contributed by atoms with Gasteiger partial charge in [0.25, 0.3) is 5.56 Å². The Balaban J connectivity index is 2.71. The van der Waals surface area contributed by atoms with Gasteiger partial charge in [-0.3, -0.25) is 9.78 Å². The highest BCUT2D eigenvalue weighted by molar-refractivity contribution is 7.08. The Labute approximate surface area is 106 Å². The van der Waals surface area contributed by atoms with Crippen molar-refractivity contribution in [3.05, 3.63) is 32.2 Å². The average Bonchev–Trinajstić information content (AvgIpc) is 2.70.